The number of aromatic amines is 1. The quantitative estimate of drug-likeness (QED) is 0.388. The standard InChI is InChI=1S/C26H27N3O/c1-2-6-21(7-3-1)30-22-13-11-20(12-14-22)23-8-4-5-9-24(23)27-17-19-10-15-25-26(16-19)29-18-28-25/h4-5,8-16,18,21,27H,1-3,6-7,17H2,(H,28,29). The molecular formula is C26H27N3O. The summed E-state index contributed by atoms with van der Waals surface area (Å²) in [7, 11) is 0. The molecule has 4 heteroatoms. The van der Waals surface area contributed by atoms with Crippen molar-refractivity contribution in [1.29, 1.82) is 0 Å². The summed E-state index contributed by atoms with van der Waals surface area (Å²) in [4.78, 5) is 7.49. The van der Waals surface area contributed by atoms with Crippen LogP contribution < -0.4 is 10.1 Å². The van der Waals surface area contributed by atoms with E-state index in [2.05, 4.69) is 82.0 Å². The number of nitrogens with one attached hydrogen (secondary N) is 2. The molecule has 152 valence electrons. The third kappa shape index (κ3) is 4.18. The summed E-state index contributed by atoms with van der Waals surface area (Å²) in [6.45, 7) is 0.753. The zero-order valence-electron chi connectivity index (χ0n) is 17.1. The molecule has 0 radical (unpaired) electrons. The summed E-state index contributed by atoms with van der Waals surface area (Å²) < 4.78 is 6.19. The number of para-hydroxylation sites is 1. The first-order valence-electron chi connectivity index (χ1n) is 10.9. The van der Waals surface area contributed by atoms with Crippen molar-refractivity contribution in [3.05, 3.63) is 78.6 Å². The lowest BCUT2D eigenvalue weighted by atomic mass is 9.98. The van der Waals surface area contributed by atoms with E-state index in [0.29, 0.717) is 6.10 Å². The first-order chi connectivity index (χ1) is 14.8. The predicted molar refractivity (Wildman–Crippen MR) is 123 cm³/mol. The van der Waals surface area contributed by atoms with Gasteiger partial charge in [-0.05, 0) is 67.1 Å². The first kappa shape index (κ1) is 18.7. The van der Waals surface area contributed by atoms with Crippen molar-refractivity contribution in [2.75, 3.05) is 5.32 Å². The van der Waals surface area contributed by atoms with Gasteiger partial charge in [-0.15, -0.1) is 0 Å². The van der Waals surface area contributed by atoms with E-state index in [1.807, 2.05) is 0 Å². The molecule has 1 fully saturated rings. The van der Waals surface area contributed by atoms with Crippen LogP contribution in [-0.2, 0) is 6.54 Å². The van der Waals surface area contributed by atoms with Gasteiger partial charge in [0.15, 0.2) is 0 Å². The predicted octanol–water partition coefficient (Wildman–Crippen LogP) is 6.55. The van der Waals surface area contributed by atoms with Gasteiger partial charge in [0.2, 0.25) is 0 Å². The molecule has 0 saturated heterocycles. The third-order valence-electron chi connectivity index (χ3n) is 5.92. The molecule has 0 amide bonds. The summed E-state index contributed by atoms with van der Waals surface area (Å²) in [6.07, 6.45) is 8.39. The summed E-state index contributed by atoms with van der Waals surface area (Å²) >= 11 is 0. The van der Waals surface area contributed by atoms with Gasteiger partial charge < -0.3 is 15.0 Å². The molecule has 0 aliphatic heterocycles. The molecule has 1 saturated carbocycles. The SMILES string of the molecule is c1ccc(-c2ccc(OC3CCCCC3)cc2)c(NCc2ccc3[nH]cnc3c2)c1. The zero-order valence-corrected chi connectivity index (χ0v) is 17.1. The van der Waals surface area contributed by atoms with Crippen molar-refractivity contribution < 1.29 is 4.74 Å². The minimum atomic E-state index is 0.380. The Hall–Kier alpha value is -3.27. The van der Waals surface area contributed by atoms with E-state index >= 15 is 0 Å². The highest BCUT2D eigenvalue weighted by Gasteiger charge is 2.15. The summed E-state index contributed by atoms with van der Waals surface area (Å²) in [5.41, 5.74) is 6.78. The highest BCUT2D eigenvalue weighted by Crippen LogP contribution is 2.31. The van der Waals surface area contributed by atoms with Crippen LogP contribution in [-0.4, -0.2) is 16.1 Å². The van der Waals surface area contributed by atoms with Crippen LogP contribution in [0.15, 0.2) is 73.1 Å². The van der Waals surface area contributed by atoms with Crippen LogP contribution in [0.4, 0.5) is 5.69 Å². The van der Waals surface area contributed by atoms with E-state index in [9.17, 15) is 0 Å². The van der Waals surface area contributed by atoms with Crippen molar-refractivity contribution in [3.8, 4) is 16.9 Å². The largest absolute Gasteiger partial charge is 0.490 e. The molecule has 3 aromatic carbocycles. The highest BCUT2D eigenvalue weighted by molar-refractivity contribution is 5.78. The maximum Gasteiger partial charge on any atom is 0.119 e. The van der Waals surface area contributed by atoms with Gasteiger partial charge in [0.25, 0.3) is 0 Å². The number of aromatic nitrogens is 2. The van der Waals surface area contributed by atoms with Gasteiger partial charge in [-0.25, -0.2) is 4.98 Å². The minimum Gasteiger partial charge on any atom is -0.490 e. The fourth-order valence-electron chi connectivity index (χ4n) is 4.26. The van der Waals surface area contributed by atoms with Crippen molar-refractivity contribution in [2.45, 2.75) is 44.8 Å². The second-order valence-electron chi connectivity index (χ2n) is 8.06. The number of rotatable bonds is 6. The summed E-state index contributed by atoms with van der Waals surface area (Å²) in [6, 6.07) is 23.3. The fourth-order valence-corrected chi connectivity index (χ4v) is 4.26. The molecule has 0 atom stereocenters. The maximum absolute atomic E-state index is 6.19. The Balaban J connectivity index is 1.30. The zero-order chi connectivity index (χ0) is 20.2. The number of imidazole rings is 1. The minimum absolute atomic E-state index is 0.380. The lowest BCUT2D eigenvalue weighted by Crippen LogP contribution is -2.19. The van der Waals surface area contributed by atoms with Gasteiger partial charge in [-0.1, -0.05) is 42.8 Å². The molecule has 30 heavy (non-hydrogen) atoms. The van der Waals surface area contributed by atoms with Crippen LogP contribution in [0.1, 0.15) is 37.7 Å². The van der Waals surface area contributed by atoms with Crippen molar-refractivity contribution >= 4 is 16.7 Å². The van der Waals surface area contributed by atoms with Gasteiger partial charge in [-0.2, -0.15) is 0 Å². The normalized spacial score (nSPS) is 14.7. The highest BCUT2D eigenvalue weighted by atomic mass is 16.5. The fraction of sp³-hybridized carbons (Fsp3) is 0.269. The van der Waals surface area contributed by atoms with Crippen LogP contribution in [0.25, 0.3) is 22.2 Å². The second kappa shape index (κ2) is 8.62. The molecule has 4 aromatic rings. The average molecular weight is 398 g/mol. The van der Waals surface area contributed by atoms with Crippen LogP contribution in [0.2, 0.25) is 0 Å². The number of fused-ring (bicyclic) bond motifs is 1. The van der Waals surface area contributed by atoms with E-state index in [-0.39, 0.29) is 0 Å². The van der Waals surface area contributed by atoms with E-state index in [0.717, 1.165) is 29.0 Å². The number of ether oxygens (including phenoxy) is 1. The lowest BCUT2D eigenvalue weighted by Gasteiger charge is -2.23. The van der Waals surface area contributed by atoms with E-state index < -0.39 is 0 Å². The Morgan fingerprint density at radius 2 is 1.77 bits per heavy atom. The summed E-state index contributed by atoms with van der Waals surface area (Å²) in [5.74, 6) is 0.975. The van der Waals surface area contributed by atoms with E-state index in [1.165, 1.54) is 48.8 Å². The molecule has 1 heterocycles. The van der Waals surface area contributed by atoms with E-state index in [1.54, 1.807) is 6.33 Å². The molecule has 1 aromatic heterocycles. The van der Waals surface area contributed by atoms with Crippen LogP contribution in [0.5, 0.6) is 5.75 Å². The van der Waals surface area contributed by atoms with Gasteiger partial charge in [-0.3, -0.25) is 0 Å². The molecule has 1 aliphatic rings. The molecule has 0 unspecified atom stereocenters. The maximum atomic E-state index is 6.19. The van der Waals surface area contributed by atoms with Gasteiger partial charge >= 0.3 is 0 Å². The molecule has 1 aliphatic carbocycles. The van der Waals surface area contributed by atoms with Gasteiger partial charge in [0.05, 0.1) is 23.5 Å². The van der Waals surface area contributed by atoms with Crippen molar-refractivity contribution in [1.82, 2.24) is 9.97 Å². The number of anilines is 1. The number of benzene rings is 3. The molecule has 2 N–H and O–H groups in total. The third-order valence-corrected chi connectivity index (χ3v) is 5.92. The monoisotopic (exact) mass is 397 g/mol. The van der Waals surface area contributed by atoms with Crippen LogP contribution >= 0.6 is 0 Å². The molecule has 0 bridgehead atoms. The Morgan fingerprint density at radius 1 is 0.933 bits per heavy atom. The van der Waals surface area contributed by atoms with Gasteiger partial charge in [0, 0.05) is 17.8 Å². The van der Waals surface area contributed by atoms with Crippen LogP contribution in [0, 0.1) is 0 Å². The van der Waals surface area contributed by atoms with Crippen molar-refractivity contribution in [3.63, 3.8) is 0 Å². The summed E-state index contributed by atoms with van der Waals surface area (Å²) in [5, 5.41) is 3.60. The average Bonchev–Trinajstić information content (AvgIpc) is 3.27. The Bertz CT molecular complexity index is 1110. The number of hydrogen-bond acceptors (Lipinski definition) is 3. The molecular weight excluding hydrogens is 370 g/mol. The second-order valence-corrected chi connectivity index (χ2v) is 8.06. The Kier molecular flexibility index (Phi) is 5.38. The topological polar surface area (TPSA) is 49.9 Å². The first-order valence-corrected chi connectivity index (χ1v) is 10.9. The smallest absolute Gasteiger partial charge is 0.119 e. The van der Waals surface area contributed by atoms with Gasteiger partial charge in [0.1, 0.15) is 5.75 Å². The molecule has 0 spiro atoms. The van der Waals surface area contributed by atoms with Crippen LogP contribution in [0.3, 0.4) is 0 Å². The van der Waals surface area contributed by atoms with Crippen molar-refractivity contribution in [2.24, 2.45) is 0 Å². The lowest BCUT2D eigenvalue weighted by molar-refractivity contribution is 0.155. The number of hydrogen-bond donors (Lipinski definition) is 2. The Morgan fingerprint density at radius 3 is 2.63 bits per heavy atom. The molecule has 4 nitrogen and oxygen atoms in total. The number of nitrogens with zero attached hydrogens (tertiary/aromatic N) is 1. The number of H-pyrrole nitrogens is 1. The van der Waals surface area contributed by atoms with E-state index in [4.69, 9.17) is 4.74 Å². The Labute approximate surface area is 177 Å². The molecule has 5 rings (SSSR count).